The standard InChI is InChI=1S/C24H26BrN5S/c1-13-10-17-18(11-14(13)2)29-22(28-17)24(12-26)19(15-8-6-7-9-16(15)25)20(31)30(21(24)27)23(3,4)5/h6-11,19-20,27,31H,1-5H3,(H,28,29). The predicted octanol–water partition coefficient (Wildman–Crippen LogP) is 5.83. The van der Waals surface area contributed by atoms with Crippen LogP contribution in [-0.4, -0.2) is 31.6 Å². The number of aromatic nitrogens is 2. The Kier molecular flexibility index (Phi) is 5.22. The summed E-state index contributed by atoms with van der Waals surface area (Å²) in [4.78, 5) is 10.2. The number of nitrogens with zero attached hydrogens (tertiary/aromatic N) is 3. The van der Waals surface area contributed by atoms with Crippen LogP contribution in [0.3, 0.4) is 0 Å². The van der Waals surface area contributed by atoms with Crippen LogP contribution in [0.4, 0.5) is 0 Å². The molecule has 0 saturated carbocycles. The van der Waals surface area contributed by atoms with E-state index in [0.29, 0.717) is 5.82 Å². The molecule has 1 aliphatic heterocycles. The first-order valence-corrected chi connectivity index (χ1v) is 11.5. The van der Waals surface area contributed by atoms with Gasteiger partial charge in [0.1, 0.15) is 11.7 Å². The van der Waals surface area contributed by atoms with Gasteiger partial charge < -0.3 is 9.88 Å². The van der Waals surface area contributed by atoms with Gasteiger partial charge in [0.25, 0.3) is 0 Å². The van der Waals surface area contributed by atoms with Crippen molar-refractivity contribution in [3.8, 4) is 6.07 Å². The van der Waals surface area contributed by atoms with E-state index in [-0.39, 0.29) is 16.7 Å². The van der Waals surface area contributed by atoms with Crippen LogP contribution in [0.2, 0.25) is 0 Å². The third kappa shape index (κ3) is 3.19. The molecular formula is C24H26BrN5S. The number of likely N-dealkylation sites (tertiary alicyclic amines) is 1. The fourth-order valence-electron chi connectivity index (χ4n) is 4.59. The van der Waals surface area contributed by atoms with E-state index in [1.54, 1.807) is 0 Å². The molecule has 0 spiro atoms. The molecule has 0 amide bonds. The molecule has 3 aromatic rings. The minimum Gasteiger partial charge on any atom is -0.342 e. The molecule has 2 N–H and O–H groups in total. The van der Waals surface area contributed by atoms with Crippen molar-refractivity contribution in [2.24, 2.45) is 0 Å². The first kappa shape index (κ1) is 21.9. The molecule has 0 bridgehead atoms. The van der Waals surface area contributed by atoms with Crippen LogP contribution in [0.25, 0.3) is 11.0 Å². The Morgan fingerprint density at radius 1 is 1.23 bits per heavy atom. The number of rotatable bonds is 2. The van der Waals surface area contributed by atoms with Gasteiger partial charge in [0.2, 0.25) is 0 Å². The first-order chi connectivity index (χ1) is 14.5. The van der Waals surface area contributed by atoms with Crippen LogP contribution < -0.4 is 0 Å². The van der Waals surface area contributed by atoms with Crippen LogP contribution in [-0.2, 0) is 5.41 Å². The van der Waals surface area contributed by atoms with Gasteiger partial charge in [-0.2, -0.15) is 17.9 Å². The SMILES string of the molecule is Cc1cc2nc(C3(C#N)C(=N)N(C(C)(C)C)C(S)C3c3ccccc3Br)[nH]c2cc1C. The van der Waals surface area contributed by atoms with E-state index in [0.717, 1.165) is 32.2 Å². The van der Waals surface area contributed by atoms with Gasteiger partial charge in [-0.15, -0.1) is 0 Å². The number of thiol groups is 1. The van der Waals surface area contributed by atoms with Crippen molar-refractivity contribution in [3.05, 3.63) is 63.4 Å². The third-order valence-electron chi connectivity index (χ3n) is 6.25. The molecule has 3 unspecified atom stereocenters. The second kappa shape index (κ2) is 7.39. The largest absolute Gasteiger partial charge is 0.342 e. The minimum absolute atomic E-state index is 0.218. The maximum Gasteiger partial charge on any atom is 0.181 e. The van der Waals surface area contributed by atoms with Crippen molar-refractivity contribution in [2.75, 3.05) is 0 Å². The number of hydrogen-bond donors (Lipinski definition) is 3. The fourth-order valence-corrected chi connectivity index (χ4v) is 5.96. The average Bonchev–Trinajstić information content (AvgIpc) is 3.18. The molecule has 1 saturated heterocycles. The number of aryl methyl sites for hydroxylation is 2. The lowest BCUT2D eigenvalue weighted by Crippen LogP contribution is -2.48. The summed E-state index contributed by atoms with van der Waals surface area (Å²) < 4.78 is 0.894. The van der Waals surface area contributed by atoms with E-state index in [4.69, 9.17) is 17.6 Å². The quantitative estimate of drug-likeness (QED) is 0.391. The number of hydrogen-bond acceptors (Lipinski definition) is 4. The molecule has 1 fully saturated rings. The van der Waals surface area contributed by atoms with Gasteiger partial charge in [-0.25, -0.2) is 4.98 Å². The van der Waals surface area contributed by atoms with Crippen LogP contribution in [0.1, 0.15) is 49.2 Å². The van der Waals surface area contributed by atoms with E-state index in [9.17, 15) is 10.7 Å². The summed E-state index contributed by atoms with van der Waals surface area (Å²) in [5.41, 5.74) is 3.22. The van der Waals surface area contributed by atoms with Crippen molar-refractivity contribution in [2.45, 2.75) is 56.9 Å². The number of fused-ring (bicyclic) bond motifs is 1. The smallest absolute Gasteiger partial charge is 0.181 e. The van der Waals surface area contributed by atoms with Crippen LogP contribution >= 0.6 is 28.6 Å². The van der Waals surface area contributed by atoms with E-state index in [1.165, 1.54) is 0 Å². The Morgan fingerprint density at radius 2 is 1.87 bits per heavy atom. The number of nitrogens with one attached hydrogen (secondary N) is 2. The maximum absolute atomic E-state index is 10.7. The molecule has 1 aliphatic rings. The number of aromatic amines is 1. The fraction of sp³-hybridized carbons (Fsp3) is 0.375. The Hall–Kier alpha value is -2.30. The molecule has 3 atom stereocenters. The van der Waals surface area contributed by atoms with E-state index < -0.39 is 11.3 Å². The summed E-state index contributed by atoms with van der Waals surface area (Å²) in [7, 11) is 0. The lowest BCUT2D eigenvalue weighted by atomic mass is 9.74. The Labute approximate surface area is 196 Å². The van der Waals surface area contributed by atoms with Crippen molar-refractivity contribution in [3.63, 3.8) is 0 Å². The highest BCUT2D eigenvalue weighted by Gasteiger charge is 2.62. The summed E-state index contributed by atoms with van der Waals surface area (Å²) >= 11 is 8.65. The molecule has 5 nitrogen and oxygen atoms in total. The minimum atomic E-state index is -1.30. The lowest BCUT2D eigenvalue weighted by Gasteiger charge is -2.37. The van der Waals surface area contributed by atoms with Gasteiger partial charge in [-0.1, -0.05) is 34.1 Å². The van der Waals surface area contributed by atoms with Crippen molar-refractivity contribution >= 4 is 45.4 Å². The zero-order chi connectivity index (χ0) is 22.7. The first-order valence-electron chi connectivity index (χ1n) is 10.2. The second-order valence-electron chi connectivity index (χ2n) is 9.26. The van der Waals surface area contributed by atoms with Gasteiger partial charge in [0, 0.05) is 15.9 Å². The maximum atomic E-state index is 10.7. The summed E-state index contributed by atoms with van der Waals surface area (Å²) in [6.45, 7) is 10.2. The van der Waals surface area contributed by atoms with Gasteiger partial charge in [0.15, 0.2) is 5.41 Å². The summed E-state index contributed by atoms with van der Waals surface area (Å²) in [6.07, 6.45) is 0. The van der Waals surface area contributed by atoms with Crippen molar-refractivity contribution < 1.29 is 0 Å². The van der Waals surface area contributed by atoms with E-state index in [2.05, 4.69) is 46.9 Å². The number of nitriles is 1. The van der Waals surface area contributed by atoms with Crippen LogP contribution in [0.15, 0.2) is 40.9 Å². The zero-order valence-corrected chi connectivity index (χ0v) is 20.8. The molecule has 1 aromatic heterocycles. The number of H-pyrrole nitrogens is 1. The van der Waals surface area contributed by atoms with Gasteiger partial charge in [-0.05, 0) is 69.5 Å². The number of amidine groups is 1. The van der Waals surface area contributed by atoms with Crippen molar-refractivity contribution in [1.82, 2.24) is 14.9 Å². The Bertz CT molecular complexity index is 1200. The normalized spacial score (nSPS) is 24.1. The summed E-state index contributed by atoms with van der Waals surface area (Å²) in [5.74, 6) is 0.313. The molecule has 4 rings (SSSR count). The molecule has 2 aromatic carbocycles. The number of imidazole rings is 1. The molecule has 2 heterocycles. The van der Waals surface area contributed by atoms with E-state index in [1.807, 2.05) is 56.0 Å². The summed E-state index contributed by atoms with van der Waals surface area (Å²) in [5, 5.41) is 19.5. The van der Waals surface area contributed by atoms with Crippen LogP contribution in [0, 0.1) is 30.6 Å². The highest BCUT2D eigenvalue weighted by Crippen LogP contribution is 2.53. The zero-order valence-electron chi connectivity index (χ0n) is 18.3. The number of halogens is 1. The average molecular weight is 496 g/mol. The summed E-state index contributed by atoms with van der Waals surface area (Å²) in [6, 6.07) is 14.5. The highest BCUT2D eigenvalue weighted by atomic mass is 79.9. The molecule has 160 valence electrons. The van der Waals surface area contributed by atoms with Crippen LogP contribution in [0.5, 0.6) is 0 Å². The third-order valence-corrected chi connectivity index (χ3v) is 7.51. The Balaban J connectivity index is 2.04. The monoisotopic (exact) mass is 495 g/mol. The molecule has 0 radical (unpaired) electrons. The lowest BCUT2D eigenvalue weighted by molar-refractivity contribution is 0.231. The molecule has 0 aliphatic carbocycles. The van der Waals surface area contributed by atoms with Gasteiger partial charge >= 0.3 is 0 Å². The highest BCUT2D eigenvalue weighted by molar-refractivity contribution is 9.10. The molecule has 7 heteroatoms. The molecule has 31 heavy (non-hydrogen) atoms. The predicted molar refractivity (Wildman–Crippen MR) is 132 cm³/mol. The Morgan fingerprint density at radius 3 is 2.48 bits per heavy atom. The van der Waals surface area contributed by atoms with Crippen molar-refractivity contribution in [1.29, 1.82) is 10.7 Å². The van der Waals surface area contributed by atoms with Gasteiger partial charge in [-0.3, -0.25) is 5.41 Å². The second-order valence-corrected chi connectivity index (χ2v) is 10.6. The molecular weight excluding hydrogens is 470 g/mol. The topological polar surface area (TPSA) is 79.6 Å². The van der Waals surface area contributed by atoms with Gasteiger partial charge in [0.05, 0.1) is 22.5 Å². The number of benzene rings is 2. The van der Waals surface area contributed by atoms with E-state index >= 15 is 0 Å².